The average Bonchev–Trinajstić information content (AvgIpc) is 3.13. The fourth-order valence-electron chi connectivity index (χ4n) is 5.63. The Morgan fingerprint density at radius 1 is 0.909 bits per heavy atom. The highest BCUT2D eigenvalue weighted by molar-refractivity contribution is 6.08. The maximum absolute atomic E-state index is 6.29. The standard InChI is InChI=1S/C28H32N4O/c1-31(21-9-12-29-13-10-21)22-16-24(17-22)33-23-6-3-19(4-7-23)20-5-8-25-26-18-30-14-11-27(26)32(2)28(25)15-20/h3-8,11,14-15,18,21-22,24,29H,9-10,12-13,16-17H2,1-2H3/t22-,24-. The van der Waals surface area contributed by atoms with Crippen LogP contribution in [0.1, 0.15) is 25.7 Å². The van der Waals surface area contributed by atoms with Crippen molar-refractivity contribution >= 4 is 21.8 Å². The summed E-state index contributed by atoms with van der Waals surface area (Å²) in [5, 5.41) is 5.92. The zero-order valence-electron chi connectivity index (χ0n) is 19.5. The van der Waals surface area contributed by atoms with Crippen LogP contribution in [0.3, 0.4) is 0 Å². The predicted molar refractivity (Wildman–Crippen MR) is 135 cm³/mol. The molecule has 0 atom stereocenters. The van der Waals surface area contributed by atoms with Gasteiger partial charge in [-0.2, -0.15) is 0 Å². The summed E-state index contributed by atoms with van der Waals surface area (Å²) < 4.78 is 8.54. The molecule has 6 rings (SSSR count). The second-order valence-electron chi connectivity index (χ2n) is 9.72. The van der Waals surface area contributed by atoms with E-state index in [9.17, 15) is 0 Å². The SMILES string of the molecule is Cn1c2ccncc2c2ccc(-c3ccc(O[C@H]4C[C@H](N(C)C5CCNCC5)C4)cc3)cc21. The molecule has 2 aliphatic rings. The topological polar surface area (TPSA) is 42.3 Å². The van der Waals surface area contributed by atoms with Crippen LogP contribution in [-0.2, 0) is 7.05 Å². The van der Waals surface area contributed by atoms with Crippen LogP contribution in [-0.4, -0.2) is 52.8 Å². The van der Waals surface area contributed by atoms with Crippen LogP contribution in [0, 0.1) is 0 Å². The lowest BCUT2D eigenvalue weighted by atomic mass is 9.86. The van der Waals surface area contributed by atoms with E-state index in [1.807, 2.05) is 12.4 Å². The summed E-state index contributed by atoms with van der Waals surface area (Å²) in [7, 11) is 4.43. The lowest BCUT2D eigenvalue weighted by Gasteiger charge is -2.45. The molecule has 0 unspecified atom stereocenters. The van der Waals surface area contributed by atoms with Crippen LogP contribution in [0.15, 0.2) is 60.9 Å². The minimum Gasteiger partial charge on any atom is -0.490 e. The smallest absolute Gasteiger partial charge is 0.119 e. The summed E-state index contributed by atoms with van der Waals surface area (Å²) in [5.74, 6) is 0.975. The van der Waals surface area contributed by atoms with Crippen LogP contribution in [0.4, 0.5) is 0 Å². The zero-order chi connectivity index (χ0) is 22.4. The summed E-state index contributed by atoms with van der Waals surface area (Å²) in [6.45, 7) is 2.30. The molecule has 1 aliphatic heterocycles. The van der Waals surface area contributed by atoms with Gasteiger partial charge in [0.1, 0.15) is 11.9 Å². The number of ether oxygens (including phenoxy) is 1. The maximum atomic E-state index is 6.29. The van der Waals surface area contributed by atoms with Crippen molar-refractivity contribution in [2.75, 3.05) is 20.1 Å². The van der Waals surface area contributed by atoms with E-state index in [1.165, 1.54) is 45.8 Å². The third-order valence-electron chi connectivity index (χ3n) is 7.83. The zero-order valence-corrected chi connectivity index (χ0v) is 19.5. The molecule has 5 nitrogen and oxygen atoms in total. The van der Waals surface area contributed by atoms with Crippen LogP contribution in [0.25, 0.3) is 32.9 Å². The molecule has 0 amide bonds. The third-order valence-corrected chi connectivity index (χ3v) is 7.83. The molecule has 0 spiro atoms. The van der Waals surface area contributed by atoms with Crippen molar-refractivity contribution in [3.63, 3.8) is 0 Å². The first-order valence-corrected chi connectivity index (χ1v) is 12.2. The van der Waals surface area contributed by atoms with Crippen molar-refractivity contribution in [1.82, 2.24) is 19.8 Å². The van der Waals surface area contributed by atoms with Gasteiger partial charge >= 0.3 is 0 Å². The Balaban J connectivity index is 1.12. The minimum atomic E-state index is 0.339. The highest BCUT2D eigenvalue weighted by atomic mass is 16.5. The lowest BCUT2D eigenvalue weighted by Crippen LogP contribution is -2.53. The number of nitrogens with zero attached hydrogens (tertiary/aromatic N) is 3. The number of fused-ring (bicyclic) bond motifs is 3. The number of pyridine rings is 1. The lowest BCUT2D eigenvalue weighted by molar-refractivity contribution is 0.00428. The summed E-state index contributed by atoms with van der Waals surface area (Å²) in [6.07, 6.45) is 8.95. The molecule has 0 radical (unpaired) electrons. The quantitative estimate of drug-likeness (QED) is 0.475. The number of benzene rings is 2. The van der Waals surface area contributed by atoms with Crippen LogP contribution in [0.5, 0.6) is 5.75 Å². The second kappa shape index (κ2) is 8.47. The molecule has 2 fully saturated rings. The Morgan fingerprint density at radius 2 is 1.67 bits per heavy atom. The first-order chi connectivity index (χ1) is 16.2. The Bertz CT molecular complexity index is 1270. The summed E-state index contributed by atoms with van der Waals surface area (Å²) >= 11 is 0. The number of hydrogen-bond acceptors (Lipinski definition) is 4. The molecule has 33 heavy (non-hydrogen) atoms. The number of aryl methyl sites for hydroxylation is 1. The first-order valence-electron chi connectivity index (χ1n) is 12.2. The molecule has 1 saturated heterocycles. The van der Waals surface area contributed by atoms with Crippen molar-refractivity contribution in [2.45, 2.75) is 43.9 Å². The molecule has 5 heteroatoms. The van der Waals surface area contributed by atoms with Crippen molar-refractivity contribution in [3.05, 3.63) is 60.9 Å². The van der Waals surface area contributed by atoms with E-state index < -0.39 is 0 Å². The normalized spacial score (nSPS) is 21.5. The second-order valence-corrected chi connectivity index (χ2v) is 9.72. The summed E-state index contributed by atoms with van der Waals surface area (Å²) in [5.41, 5.74) is 4.88. The fraction of sp³-hybridized carbons (Fsp3) is 0.393. The van der Waals surface area contributed by atoms with Gasteiger partial charge < -0.3 is 19.5 Å². The van der Waals surface area contributed by atoms with E-state index in [2.05, 4.69) is 82.4 Å². The van der Waals surface area contributed by atoms with E-state index in [4.69, 9.17) is 4.74 Å². The Kier molecular flexibility index (Phi) is 5.31. The Hall–Kier alpha value is -2.89. The van der Waals surface area contributed by atoms with Gasteiger partial charge in [0.2, 0.25) is 0 Å². The molecule has 2 aromatic carbocycles. The van der Waals surface area contributed by atoms with Gasteiger partial charge in [-0.25, -0.2) is 0 Å². The molecular formula is C28H32N4O. The maximum Gasteiger partial charge on any atom is 0.119 e. The van der Waals surface area contributed by atoms with Gasteiger partial charge in [0.25, 0.3) is 0 Å². The summed E-state index contributed by atoms with van der Waals surface area (Å²) in [4.78, 5) is 6.91. The van der Waals surface area contributed by atoms with Crippen molar-refractivity contribution in [2.24, 2.45) is 7.05 Å². The average molecular weight is 441 g/mol. The molecular weight excluding hydrogens is 408 g/mol. The first kappa shape index (κ1) is 20.7. The van der Waals surface area contributed by atoms with E-state index in [0.717, 1.165) is 37.7 Å². The predicted octanol–water partition coefficient (Wildman–Crippen LogP) is 4.99. The van der Waals surface area contributed by atoms with Crippen LogP contribution in [0.2, 0.25) is 0 Å². The molecule has 1 saturated carbocycles. The number of hydrogen-bond donors (Lipinski definition) is 1. The van der Waals surface area contributed by atoms with Gasteiger partial charge in [0, 0.05) is 60.7 Å². The van der Waals surface area contributed by atoms with Gasteiger partial charge in [-0.3, -0.25) is 4.98 Å². The molecule has 0 bridgehead atoms. The molecule has 170 valence electrons. The van der Waals surface area contributed by atoms with Gasteiger partial charge in [0.15, 0.2) is 0 Å². The molecule has 2 aromatic heterocycles. The largest absolute Gasteiger partial charge is 0.490 e. The van der Waals surface area contributed by atoms with Crippen molar-refractivity contribution in [3.8, 4) is 16.9 Å². The highest BCUT2D eigenvalue weighted by Gasteiger charge is 2.36. The Labute approximate surface area is 195 Å². The van der Waals surface area contributed by atoms with Gasteiger partial charge in [0.05, 0.1) is 5.52 Å². The minimum absolute atomic E-state index is 0.339. The highest BCUT2D eigenvalue weighted by Crippen LogP contribution is 2.34. The number of piperidine rings is 1. The van der Waals surface area contributed by atoms with Crippen molar-refractivity contribution in [1.29, 1.82) is 0 Å². The molecule has 1 N–H and O–H groups in total. The monoisotopic (exact) mass is 440 g/mol. The van der Waals surface area contributed by atoms with E-state index in [1.54, 1.807) is 0 Å². The molecule has 3 heterocycles. The Morgan fingerprint density at radius 3 is 2.45 bits per heavy atom. The van der Waals surface area contributed by atoms with E-state index >= 15 is 0 Å². The van der Waals surface area contributed by atoms with Gasteiger partial charge in [-0.15, -0.1) is 0 Å². The van der Waals surface area contributed by atoms with Crippen LogP contribution < -0.4 is 10.1 Å². The van der Waals surface area contributed by atoms with Gasteiger partial charge in [-0.1, -0.05) is 24.3 Å². The van der Waals surface area contributed by atoms with E-state index in [-0.39, 0.29) is 0 Å². The number of aromatic nitrogens is 2. The fourth-order valence-corrected chi connectivity index (χ4v) is 5.63. The molecule has 4 aromatic rings. The van der Waals surface area contributed by atoms with Crippen molar-refractivity contribution < 1.29 is 4.74 Å². The summed E-state index contributed by atoms with van der Waals surface area (Å²) in [6, 6.07) is 18.8. The van der Waals surface area contributed by atoms with Gasteiger partial charge in [-0.05, 0) is 68.4 Å². The molecule has 1 aliphatic carbocycles. The number of rotatable bonds is 5. The van der Waals surface area contributed by atoms with Crippen LogP contribution >= 0.6 is 0 Å². The van der Waals surface area contributed by atoms with E-state index in [0.29, 0.717) is 12.1 Å². The number of nitrogens with one attached hydrogen (secondary N) is 1. The third kappa shape index (κ3) is 3.79.